The molecule has 33 heavy (non-hydrogen) atoms. The average Bonchev–Trinajstić information content (AvgIpc) is 2.86. The van der Waals surface area contributed by atoms with Crippen molar-refractivity contribution >= 4 is 21.8 Å². The zero-order chi connectivity index (χ0) is 23.7. The van der Waals surface area contributed by atoms with Crippen molar-refractivity contribution in [2.75, 3.05) is 20.2 Å². The first-order chi connectivity index (χ1) is 15.9. The number of carbonyl (C=O) groups excluding carboxylic acids is 2. The van der Waals surface area contributed by atoms with E-state index in [2.05, 4.69) is 15.4 Å². The van der Waals surface area contributed by atoms with Gasteiger partial charge in [0.2, 0.25) is 21.8 Å². The molecule has 1 aliphatic carbocycles. The van der Waals surface area contributed by atoms with Gasteiger partial charge in [0.25, 0.3) is 0 Å². The summed E-state index contributed by atoms with van der Waals surface area (Å²) in [5.41, 5.74) is 0.941. The Morgan fingerprint density at radius 2 is 1.61 bits per heavy atom. The monoisotopic (exact) mass is 473 g/mol. The smallest absolute Gasteiger partial charge is 0.240 e. The first-order valence-corrected chi connectivity index (χ1v) is 12.6. The van der Waals surface area contributed by atoms with Crippen molar-refractivity contribution < 1.29 is 22.7 Å². The number of hydrogen-bond donors (Lipinski definition) is 3. The highest BCUT2D eigenvalue weighted by molar-refractivity contribution is 7.89. The summed E-state index contributed by atoms with van der Waals surface area (Å²) in [6, 6.07) is 15.7. The topological polar surface area (TPSA) is 114 Å². The summed E-state index contributed by atoms with van der Waals surface area (Å²) in [4.78, 5) is 24.8. The highest BCUT2D eigenvalue weighted by atomic mass is 32.2. The van der Waals surface area contributed by atoms with Crippen molar-refractivity contribution in [2.45, 2.75) is 37.1 Å². The van der Waals surface area contributed by atoms with Crippen molar-refractivity contribution in [3.8, 4) is 5.75 Å². The van der Waals surface area contributed by atoms with Crippen LogP contribution in [0.3, 0.4) is 0 Å². The Kier molecular flexibility index (Phi) is 8.85. The third kappa shape index (κ3) is 7.57. The number of sulfonamides is 1. The molecular formula is C24H31N3O5S. The van der Waals surface area contributed by atoms with Crippen molar-refractivity contribution in [1.82, 2.24) is 15.4 Å². The van der Waals surface area contributed by atoms with Crippen LogP contribution < -0.4 is 20.1 Å². The van der Waals surface area contributed by atoms with Gasteiger partial charge in [-0.05, 0) is 61.4 Å². The predicted molar refractivity (Wildman–Crippen MR) is 125 cm³/mol. The molecule has 3 rings (SSSR count). The fourth-order valence-electron chi connectivity index (χ4n) is 3.86. The summed E-state index contributed by atoms with van der Waals surface area (Å²) in [5, 5.41) is 5.50. The molecular weight excluding hydrogens is 442 g/mol. The fraction of sp³-hybridized carbons (Fsp3) is 0.417. The van der Waals surface area contributed by atoms with Gasteiger partial charge in [-0.15, -0.1) is 0 Å². The van der Waals surface area contributed by atoms with E-state index in [1.165, 1.54) is 0 Å². The van der Waals surface area contributed by atoms with E-state index in [1.807, 2.05) is 24.3 Å². The van der Waals surface area contributed by atoms with Crippen LogP contribution in [0.5, 0.6) is 5.75 Å². The Balaban J connectivity index is 1.33. The van der Waals surface area contributed by atoms with Gasteiger partial charge in [0.15, 0.2) is 0 Å². The SMILES string of the molecule is COc1ccc(CNC(=O)CNC(=O)C2CCC(CNS(=O)(=O)c3ccccc3)CC2)cc1. The van der Waals surface area contributed by atoms with Gasteiger partial charge in [0.1, 0.15) is 5.75 Å². The van der Waals surface area contributed by atoms with E-state index in [9.17, 15) is 18.0 Å². The number of carbonyl (C=O) groups is 2. The minimum atomic E-state index is -3.52. The molecule has 0 aromatic heterocycles. The Bertz CT molecular complexity index is 1020. The predicted octanol–water partition coefficient (Wildman–Crippen LogP) is 2.21. The van der Waals surface area contributed by atoms with Gasteiger partial charge in [0, 0.05) is 19.0 Å². The Morgan fingerprint density at radius 3 is 2.24 bits per heavy atom. The molecule has 2 amide bonds. The van der Waals surface area contributed by atoms with Crippen LogP contribution in [-0.4, -0.2) is 40.4 Å². The van der Waals surface area contributed by atoms with Crippen LogP contribution in [0, 0.1) is 11.8 Å². The van der Waals surface area contributed by atoms with Crippen LogP contribution in [0.4, 0.5) is 0 Å². The molecule has 8 nitrogen and oxygen atoms in total. The maximum atomic E-state index is 12.4. The summed E-state index contributed by atoms with van der Waals surface area (Å²) >= 11 is 0. The number of methoxy groups -OCH3 is 1. The first-order valence-electron chi connectivity index (χ1n) is 11.1. The van der Waals surface area contributed by atoms with Crippen molar-refractivity contribution in [3.05, 3.63) is 60.2 Å². The Hall–Kier alpha value is -2.91. The van der Waals surface area contributed by atoms with Gasteiger partial charge >= 0.3 is 0 Å². The minimum absolute atomic E-state index is 0.0637. The molecule has 0 radical (unpaired) electrons. The third-order valence-corrected chi connectivity index (χ3v) is 7.34. The van der Waals surface area contributed by atoms with Gasteiger partial charge in [-0.25, -0.2) is 13.1 Å². The first kappa shape index (κ1) is 24.7. The maximum Gasteiger partial charge on any atom is 0.240 e. The van der Waals surface area contributed by atoms with Crippen molar-refractivity contribution in [1.29, 1.82) is 0 Å². The quantitative estimate of drug-likeness (QED) is 0.490. The van der Waals surface area contributed by atoms with E-state index < -0.39 is 10.0 Å². The van der Waals surface area contributed by atoms with Crippen molar-refractivity contribution in [2.24, 2.45) is 11.8 Å². The van der Waals surface area contributed by atoms with Crippen LogP contribution in [0.25, 0.3) is 0 Å². The summed E-state index contributed by atoms with van der Waals surface area (Å²) in [6.45, 7) is 0.674. The second-order valence-electron chi connectivity index (χ2n) is 8.23. The number of benzene rings is 2. The summed E-state index contributed by atoms with van der Waals surface area (Å²) in [5.74, 6) is 0.420. The van der Waals surface area contributed by atoms with Crippen molar-refractivity contribution in [3.63, 3.8) is 0 Å². The lowest BCUT2D eigenvalue weighted by Gasteiger charge is -2.27. The molecule has 1 aliphatic rings. The number of ether oxygens (including phenoxy) is 1. The molecule has 0 spiro atoms. The lowest BCUT2D eigenvalue weighted by Crippen LogP contribution is -2.41. The van der Waals surface area contributed by atoms with Gasteiger partial charge in [-0.3, -0.25) is 9.59 Å². The van der Waals surface area contributed by atoms with Gasteiger partial charge < -0.3 is 15.4 Å². The standard InChI is InChI=1S/C24H31N3O5S/c1-32-21-13-9-18(10-14-21)15-25-23(28)17-26-24(29)20-11-7-19(8-12-20)16-27-33(30,31)22-5-3-2-4-6-22/h2-6,9-10,13-14,19-20,27H,7-8,11-12,15-17H2,1H3,(H,25,28)(H,26,29). The second kappa shape index (κ2) is 11.8. The minimum Gasteiger partial charge on any atom is -0.497 e. The molecule has 0 heterocycles. The number of rotatable bonds is 10. The van der Waals surface area contributed by atoms with E-state index in [-0.39, 0.29) is 35.1 Å². The summed E-state index contributed by atoms with van der Waals surface area (Å²) < 4.78 is 32.5. The van der Waals surface area contributed by atoms with Gasteiger partial charge in [-0.2, -0.15) is 0 Å². The van der Waals surface area contributed by atoms with Gasteiger partial charge in [-0.1, -0.05) is 30.3 Å². The van der Waals surface area contributed by atoms with E-state index in [0.717, 1.165) is 24.2 Å². The largest absolute Gasteiger partial charge is 0.497 e. The maximum absolute atomic E-state index is 12.4. The number of nitrogens with one attached hydrogen (secondary N) is 3. The molecule has 178 valence electrons. The van der Waals surface area contributed by atoms with E-state index >= 15 is 0 Å². The lowest BCUT2D eigenvalue weighted by atomic mass is 9.81. The zero-order valence-corrected chi connectivity index (χ0v) is 19.6. The molecule has 1 saturated carbocycles. The highest BCUT2D eigenvalue weighted by Gasteiger charge is 2.27. The van der Waals surface area contributed by atoms with Crippen LogP contribution in [-0.2, 0) is 26.2 Å². The van der Waals surface area contributed by atoms with Crippen LogP contribution >= 0.6 is 0 Å². The molecule has 0 atom stereocenters. The molecule has 0 bridgehead atoms. The zero-order valence-electron chi connectivity index (χ0n) is 18.8. The molecule has 0 saturated heterocycles. The molecule has 2 aromatic rings. The number of hydrogen-bond acceptors (Lipinski definition) is 5. The van der Waals surface area contributed by atoms with E-state index in [0.29, 0.717) is 25.9 Å². The average molecular weight is 474 g/mol. The normalized spacial score (nSPS) is 18.3. The van der Waals surface area contributed by atoms with Crippen LogP contribution in [0.1, 0.15) is 31.2 Å². The molecule has 0 unspecified atom stereocenters. The molecule has 1 fully saturated rings. The molecule has 9 heteroatoms. The van der Waals surface area contributed by atoms with Crippen LogP contribution in [0.15, 0.2) is 59.5 Å². The summed E-state index contributed by atoms with van der Waals surface area (Å²) in [6.07, 6.45) is 2.88. The molecule has 0 aliphatic heterocycles. The lowest BCUT2D eigenvalue weighted by molar-refractivity contribution is -0.129. The number of amides is 2. The van der Waals surface area contributed by atoms with E-state index in [1.54, 1.807) is 37.4 Å². The third-order valence-electron chi connectivity index (χ3n) is 5.90. The Labute approximate surface area is 195 Å². The molecule has 3 N–H and O–H groups in total. The van der Waals surface area contributed by atoms with Crippen LogP contribution in [0.2, 0.25) is 0 Å². The highest BCUT2D eigenvalue weighted by Crippen LogP contribution is 2.28. The summed E-state index contributed by atoms with van der Waals surface area (Å²) in [7, 11) is -1.92. The fourth-order valence-corrected chi connectivity index (χ4v) is 4.99. The van der Waals surface area contributed by atoms with E-state index in [4.69, 9.17) is 4.74 Å². The van der Waals surface area contributed by atoms with Gasteiger partial charge in [0.05, 0.1) is 18.6 Å². The molecule has 2 aromatic carbocycles. The Morgan fingerprint density at radius 1 is 0.939 bits per heavy atom. The second-order valence-corrected chi connectivity index (χ2v) is 9.99.